The topological polar surface area (TPSA) is 35.8 Å². The van der Waals surface area contributed by atoms with Crippen molar-refractivity contribution < 1.29 is 4.39 Å². The molecule has 0 aliphatic carbocycles. The number of nitrogens with one attached hydrogen (secondary N) is 1. The molecule has 0 bridgehead atoms. The van der Waals surface area contributed by atoms with E-state index in [1.807, 2.05) is 13.0 Å². The molecule has 0 fully saturated rings. The van der Waals surface area contributed by atoms with Crippen LogP contribution in [0.5, 0.6) is 0 Å². The summed E-state index contributed by atoms with van der Waals surface area (Å²) in [5.41, 5.74) is -0.447. The van der Waals surface area contributed by atoms with Gasteiger partial charge in [-0.1, -0.05) is 6.07 Å². The zero-order valence-corrected chi connectivity index (χ0v) is 13.3. The van der Waals surface area contributed by atoms with Gasteiger partial charge in [0, 0.05) is 10.9 Å². The van der Waals surface area contributed by atoms with Crippen molar-refractivity contribution in [1.82, 2.24) is 5.32 Å². The van der Waals surface area contributed by atoms with Crippen LogP contribution in [-0.2, 0) is 0 Å². The number of thioether (sulfide) groups is 1. The molecule has 0 saturated heterocycles. The molecule has 0 saturated carbocycles. The largest absolute Gasteiger partial charge is 0.297 e. The Balaban J connectivity index is 2.26. The molecule has 20 heavy (non-hydrogen) atoms. The molecule has 0 radical (unpaired) electrons. The first-order valence-corrected chi connectivity index (χ1v) is 8.01. The summed E-state index contributed by atoms with van der Waals surface area (Å²) in [4.78, 5) is 0.966. The van der Waals surface area contributed by atoms with Gasteiger partial charge >= 0.3 is 0 Å². The van der Waals surface area contributed by atoms with Gasteiger partial charge in [0.1, 0.15) is 11.4 Å². The molecule has 1 aromatic rings. The van der Waals surface area contributed by atoms with Crippen LogP contribution in [0.2, 0.25) is 0 Å². The fourth-order valence-corrected chi connectivity index (χ4v) is 3.08. The van der Waals surface area contributed by atoms with Gasteiger partial charge in [0.2, 0.25) is 0 Å². The van der Waals surface area contributed by atoms with E-state index in [1.165, 1.54) is 6.07 Å². The van der Waals surface area contributed by atoms with Gasteiger partial charge in [-0.3, -0.25) is 5.32 Å². The highest BCUT2D eigenvalue weighted by atomic mass is 32.2. The van der Waals surface area contributed by atoms with Crippen LogP contribution in [0.25, 0.3) is 0 Å². The molecule has 110 valence electrons. The van der Waals surface area contributed by atoms with Crippen LogP contribution in [0.15, 0.2) is 29.2 Å². The minimum atomic E-state index is -0.447. The van der Waals surface area contributed by atoms with Crippen molar-refractivity contribution in [2.75, 3.05) is 5.75 Å². The molecule has 0 aliphatic heterocycles. The maximum Gasteiger partial charge on any atom is 0.124 e. The number of hydrogen-bond acceptors (Lipinski definition) is 3. The number of hydrogen-bond donors (Lipinski definition) is 1. The first-order valence-electron chi connectivity index (χ1n) is 7.02. The quantitative estimate of drug-likeness (QED) is 0.571. The van der Waals surface area contributed by atoms with Gasteiger partial charge in [-0.05, 0) is 64.0 Å². The fourth-order valence-electron chi connectivity index (χ4n) is 2.12. The second-order valence-corrected chi connectivity index (χ2v) is 6.67. The van der Waals surface area contributed by atoms with Crippen LogP contribution in [0.3, 0.4) is 0 Å². The highest BCUT2D eigenvalue weighted by Crippen LogP contribution is 2.21. The highest BCUT2D eigenvalue weighted by Gasteiger charge is 2.23. The number of halogens is 1. The molecule has 1 unspecified atom stereocenters. The van der Waals surface area contributed by atoms with Crippen LogP contribution in [0, 0.1) is 17.1 Å². The first-order chi connectivity index (χ1) is 9.45. The van der Waals surface area contributed by atoms with E-state index in [2.05, 4.69) is 25.2 Å². The van der Waals surface area contributed by atoms with Crippen LogP contribution in [-0.4, -0.2) is 17.3 Å². The SMILES string of the molecule is CC(C)NC(C)(C#N)CCCCSc1cccc(F)c1. The van der Waals surface area contributed by atoms with Crippen molar-refractivity contribution in [2.24, 2.45) is 0 Å². The van der Waals surface area contributed by atoms with Crippen molar-refractivity contribution in [3.63, 3.8) is 0 Å². The van der Waals surface area contributed by atoms with Crippen molar-refractivity contribution >= 4 is 11.8 Å². The lowest BCUT2D eigenvalue weighted by molar-refractivity contribution is 0.372. The Morgan fingerprint density at radius 1 is 1.40 bits per heavy atom. The minimum Gasteiger partial charge on any atom is -0.297 e. The van der Waals surface area contributed by atoms with Crippen LogP contribution in [0.1, 0.15) is 40.0 Å². The number of nitrogens with zero attached hydrogens (tertiary/aromatic N) is 1. The summed E-state index contributed by atoms with van der Waals surface area (Å²) in [6, 6.07) is 9.34. The fraction of sp³-hybridized carbons (Fsp3) is 0.562. The smallest absolute Gasteiger partial charge is 0.124 e. The molecular formula is C16H23FN2S. The molecule has 0 aromatic heterocycles. The second-order valence-electron chi connectivity index (χ2n) is 5.51. The maximum atomic E-state index is 13.0. The summed E-state index contributed by atoms with van der Waals surface area (Å²) < 4.78 is 13.0. The monoisotopic (exact) mass is 294 g/mol. The lowest BCUT2D eigenvalue weighted by atomic mass is 9.96. The second kappa shape index (κ2) is 8.28. The van der Waals surface area contributed by atoms with Gasteiger partial charge in [0.25, 0.3) is 0 Å². The van der Waals surface area contributed by atoms with E-state index in [1.54, 1.807) is 23.9 Å². The molecule has 0 amide bonds. The summed E-state index contributed by atoms with van der Waals surface area (Å²) >= 11 is 1.66. The maximum absolute atomic E-state index is 13.0. The lowest BCUT2D eigenvalue weighted by Crippen LogP contribution is -2.44. The van der Waals surface area contributed by atoms with E-state index in [4.69, 9.17) is 0 Å². The summed E-state index contributed by atoms with van der Waals surface area (Å²) in [5, 5.41) is 12.5. The van der Waals surface area contributed by atoms with Crippen molar-refractivity contribution in [1.29, 1.82) is 5.26 Å². The Morgan fingerprint density at radius 2 is 2.15 bits per heavy atom. The number of unbranched alkanes of at least 4 members (excludes halogenated alkanes) is 1. The van der Waals surface area contributed by atoms with E-state index in [9.17, 15) is 9.65 Å². The first kappa shape index (κ1) is 17.0. The van der Waals surface area contributed by atoms with Gasteiger partial charge in [0.15, 0.2) is 0 Å². The third kappa shape index (κ3) is 6.40. The Labute approximate surface area is 125 Å². The number of rotatable bonds is 8. The Kier molecular flexibility index (Phi) is 7.04. The standard InChI is InChI=1S/C16H23FN2S/c1-13(2)19-16(3,12-18)9-4-5-10-20-15-8-6-7-14(17)11-15/h6-8,11,13,19H,4-5,9-10H2,1-3H3. The molecule has 1 N–H and O–H groups in total. The molecule has 1 atom stereocenters. The summed E-state index contributed by atoms with van der Waals surface area (Å²) in [5.74, 6) is 0.764. The van der Waals surface area contributed by atoms with E-state index < -0.39 is 5.54 Å². The highest BCUT2D eigenvalue weighted by molar-refractivity contribution is 7.99. The average Bonchev–Trinajstić information content (AvgIpc) is 2.37. The number of nitriles is 1. The molecule has 1 rings (SSSR count). The van der Waals surface area contributed by atoms with Gasteiger partial charge in [-0.25, -0.2) is 4.39 Å². The lowest BCUT2D eigenvalue weighted by Gasteiger charge is -2.25. The van der Waals surface area contributed by atoms with Crippen molar-refractivity contribution in [3.05, 3.63) is 30.1 Å². The molecule has 0 heterocycles. The van der Waals surface area contributed by atoms with E-state index >= 15 is 0 Å². The summed E-state index contributed by atoms with van der Waals surface area (Å²) in [6.45, 7) is 6.05. The van der Waals surface area contributed by atoms with E-state index in [-0.39, 0.29) is 5.82 Å². The molecule has 0 aliphatic rings. The predicted molar refractivity (Wildman–Crippen MR) is 83.3 cm³/mol. The van der Waals surface area contributed by atoms with E-state index in [0.717, 1.165) is 29.9 Å². The van der Waals surface area contributed by atoms with Crippen LogP contribution < -0.4 is 5.32 Å². The molecular weight excluding hydrogens is 271 g/mol. The third-order valence-corrected chi connectivity index (χ3v) is 4.07. The van der Waals surface area contributed by atoms with Crippen LogP contribution in [0.4, 0.5) is 4.39 Å². The summed E-state index contributed by atoms with van der Waals surface area (Å²) in [6.07, 6.45) is 2.86. The third-order valence-electron chi connectivity index (χ3n) is 2.99. The van der Waals surface area contributed by atoms with Gasteiger partial charge in [-0.2, -0.15) is 5.26 Å². The van der Waals surface area contributed by atoms with Gasteiger partial charge in [0.05, 0.1) is 6.07 Å². The number of benzene rings is 1. The van der Waals surface area contributed by atoms with Crippen molar-refractivity contribution in [2.45, 2.75) is 56.5 Å². The molecule has 4 heteroatoms. The van der Waals surface area contributed by atoms with Gasteiger partial charge < -0.3 is 0 Å². The van der Waals surface area contributed by atoms with Gasteiger partial charge in [-0.15, -0.1) is 11.8 Å². The Morgan fingerprint density at radius 3 is 2.75 bits per heavy atom. The normalized spacial score (nSPS) is 14.0. The molecule has 1 aromatic carbocycles. The average molecular weight is 294 g/mol. The van der Waals surface area contributed by atoms with E-state index in [0.29, 0.717) is 6.04 Å². The predicted octanol–water partition coefficient (Wildman–Crippen LogP) is 4.37. The summed E-state index contributed by atoms with van der Waals surface area (Å²) in [7, 11) is 0. The van der Waals surface area contributed by atoms with Crippen LogP contribution >= 0.6 is 11.8 Å². The Hall–Kier alpha value is -1.05. The molecule has 0 spiro atoms. The zero-order chi connectivity index (χ0) is 15.0. The Bertz CT molecular complexity index is 456. The van der Waals surface area contributed by atoms with Crippen molar-refractivity contribution in [3.8, 4) is 6.07 Å². The molecule has 2 nitrogen and oxygen atoms in total. The zero-order valence-electron chi connectivity index (χ0n) is 12.4. The minimum absolute atomic E-state index is 0.187.